The molecule has 0 radical (unpaired) electrons. The number of carboxylic acid groups (broad SMARTS) is 1. The highest BCUT2D eigenvalue weighted by atomic mass is 35.5. The maximum Gasteiger partial charge on any atom is 0.320 e. The molecule has 1 fully saturated rings. The Bertz CT molecular complexity index is 458. The Hall–Kier alpha value is -1.17. The molecule has 1 aromatic carbocycles. The molecule has 112 valence electrons. The third-order valence-electron chi connectivity index (χ3n) is 3.46. The number of morpholine rings is 1. The van der Waals surface area contributed by atoms with Gasteiger partial charge in [-0.15, -0.1) is 12.4 Å². The number of nitrogens with zero attached hydrogens (tertiary/aromatic N) is 1. The lowest BCUT2D eigenvalue weighted by Crippen LogP contribution is -2.48. The second-order valence-corrected chi connectivity index (χ2v) is 4.64. The Balaban J connectivity index is 0.00000200. The summed E-state index contributed by atoms with van der Waals surface area (Å²) in [5, 5.41) is 9.18. The molecular formula is C14H19ClFNO3. The van der Waals surface area contributed by atoms with Crippen LogP contribution in [0, 0.1) is 5.82 Å². The summed E-state index contributed by atoms with van der Waals surface area (Å²) in [4.78, 5) is 13.0. The molecule has 0 bridgehead atoms. The van der Waals surface area contributed by atoms with Gasteiger partial charge in [-0.1, -0.05) is 25.1 Å². The van der Waals surface area contributed by atoms with Crippen molar-refractivity contribution in [3.63, 3.8) is 0 Å². The van der Waals surface area contributed by atoms with Crippen LogP contribution in [0.5, 0.6) is 0 Å². The molecule has 0 aliphatic carbocycles. The molecule has 1 aromatic rings. The highest BCUT2D eigenvalue weighted by molar-refractivity contribution is 5.85. The summed E-state index contributed by atoms with van der Waals surface area (Å²) in [6, 6.07) is 5.94. The number of benzene rings is 1. The first-order valence-electron chi connectivity index (χ1n) is 6.46. The first kappa shape index (κ1) is 16.9. The standard InChI is InChI=1S/C14H18FNO3.ClH/c1-2-12(14(17)18)16-7-8-19-13(9-16)10-5-3-4-6-11(10)15;/h3-6,12-13H,2,7-9H2,1H3,(H,17,18);1H. The summed E-state index contributed by atoms with van der Waals surface area (Å²) >= 11 is 0. The molecule has 2 rings (SSSR count). The number of carbonyl (C=O) groups is 1. The number of halogens is 2. The lowest BCUT2D eigenvalue weighted by Gasteiger charge is -2.36. The van der Waals surface area contributed by atoms with E-state index in [-0.39, 0.29) is 18.2 Å². The largest absolute Gasteiger partial charge is 0.480 e. The Morgan fingerprint density at radius 2 is 2.25 bits per heavy atom. The van der Waals surface area contributed by atoms with E-state index in [0.717, 1.165) is 0 Å². The van der Waals surface area contributed by atoms with Crippen LogP contribution in [0.2, 0.25) is 0 Å². The van der Waals surface area contributed by atoms with Gasteiger partial charge in [0.15, 0.2) is 0 Å². The van der Waals surface area contributed by atoms with Crippen molar-refractivity contribution >= 4 is 18.4 Å². The maximum atomic E-state index is 13.7. The summed E-state index contributed by atoms with van der Waals surface area (Å²) in [6.07, 6.45) is 0.127. The minimum absolute atomic E-state index is 0. The number of carboxylic acids is 1. The van der Waals surface area contributed by atoms with Gasteiger partial charge in [0, 0.05) is 18.7 Å². The second-order valence-electron chi connectivity index (χ2n) is 4.64. The highest BCUT2D eigenvalue weighted by Crippen LogP contribution is 2.26. The summed E-state index contributed by atoms with van der Waals surface area (Å²) in [5.74, 6) is -1.14. The van der Waals surface area contributed by atoms with E-state index >= 15 is 0 Å². The van der Waals surface area contributed by atoms with Gasteiger partial charge in [0.05, 0.1) is 12.7 Å². The topological polar surface area (TPSA) is 49.8 Å². The van der Waals surface area contributed by atoms with Gasteiger partial charge in [0.1, 0.15) is 11.9 Å². The SMILES string of the molecule is CCC(C(=O)O)N1CCOC(c2ccccc2F)C1.Cl. The van der Waals surface area contributed by atoms with Gasteiger partial charge in [-0.05, 0) is 12.5 Å². The number of rotatable bonds is 4. The quantitative estimate of drug-likeness (QED) is 0.928. The van der Waals surface area contributed by atoms with Crippen LogP contribution in [0.1, 0.15) is 25.0 Å². The molecule has 1 saturated heterocycles. The van der Waals surface area contributed by atoms with Crippen LogP contribution >= 0.6 is 12.4 Å². The Kier molecular flexibility index (Phi) is 6.39. The van der Waals surface area contributed by atoms with E-state index in [1.807, 2.05) is 11.8 Å². The van der Waals surface area contributed by atoms with Crippen molar-refractivity contribution in [3.05, 3.63) is 35.6 Å². The van der Waals surface area contributed by atoms with E-state index in [1.54, 1.807) is 18.2 Å². The maximum absolute atomic E-state index is 13.7. The molecule has 2 unspecified atom stereocenters. The van der Waals surface area contributed by atoms with E-state index in [9.17, 15) is 14.3 Å². The molecule has 1 heterocycles. The summed E-state index contributed by atoms with van der Waals surface area (Å²) < 4.78 is 19.3. The number of aliphatic carboxylic acids is 1. The zero-order valence-corrected chi connectivity index (χ0v) is 12.1. The predicted molar refractivity (Wildman–Crippen MR) is 75.6 cm³/mol. The molecule has 0 amide bonds. The molecule has 1 aliphatic rings. The lowest BCUT2D eigenvalue weighted by molar-refractivity contribution is -0.147. The summed E-state index contributed by atoms with van der Waals surface area (Å²) in [7, 11) is 0. The van der Waals surface area contributed by atoms with Crippen molar-refractivity contribution < 1.29 is 19.0 Å². The Morgan fingerprint density at radius 3 is 2.85 bits per heavy atom. The average molecular weight is 304 g/mol. The van der Waals surface area contributed by atoms with Gasteiger partial charge in [-0.3, -0.25) is 9.69 Å². The lowest BCUT2D eigenvalue weighted by atomic mass is 10.1. The summed E-state index contributed by atoms with van der Waals surface area (Å²) in [6.45, 7) is 3.23. The average Bonchev–Trinajstić information content (AvgIpc) is 2.40. The van der Waals surface area contributed by atoms with Crippen LogP contribution in [0.15, 0.2) is 24.3 Å². The van der Waals surface area contributed by atoms with E-state index < -0.39 is 18.1 Å². The molecule has 0 saturated carbocycles. The predicted octanol–water partition coefficient (Wildman–Crippen LogP) is 2.48. The van der Waals surface area contributed by atoms with Crippen molar-refractivity contribution in [3.8, 4) is 0 Å². The zero-order chi connectivity index (χ0) is 13.8. The first-order valence-corrected chi connectivity index (χ1v) is 6.46. The molecule has 2 atom stereocenters. The van der Waals surface area contributed by atoms with E-state index in [2.05, 4.69) is 0 Å². The monoisotopic (exact) mass is 303 g/mol. The van der Waals surface area contributed by atoms with Crippen LogP contribution in [0.3, 0.4) is 0 Å². The van der Waals surface area contributed by atoms with Crippen LogP contribution in [-0.2, 0) is 9.53 Å². The van der Waals surface area contributed by atoms with Crippen molar-refractivity contribution in [1.82, 2.24) is 4.90 Å². The minimum atomic E-state index is -0.836. The fourth-order valence-corrected chi connectivity index (χ4v) is 2.47. The fourth-order valence-electron chi connectivity index (χ4n) is 2.47. The number of hydrogen-bond acceptors (Lipinski definition) is 3. The minimum Gasteiger partial charge on any atom is -0.480 e. The van der Waals surface area contributed by atoms with Crippen LogP contribution < -0.4 is 0 Å². The second kappa shape index (κ2) is 7.57. The molecule has 6 heteroatoms. The summed E-state index contributed by atoms with van der Waals surface area (Å²) in [5.41, 5.74) is 0.493. The normalized spacial score (nSPS) is 21.0. The smallest absolute Gasteiger partial charge is 0.320 e. The van der Waals surface area contributed by atoms with E-state index in [0.29, 0.717) is 31.7 Å². The van der Waals surface area contributed by atoms with Gasteiger partial charge in [-0.25, -0.2) is 4.39 Å². The molecule has 0 aromatic heterocycles. The van der Waals surface area contributed by atoms with Crippen LogP contribution in [0.25, 0.3) is 0 Å². The molecule has 1 aliphatic heterocycles. The van der Waals surface area contributed by atoms with Crippen LogP contribution in [0.4, 0.5) is 4.39 Å². The molecule has 1 N–H and O–H groups in total. The van der Waals surface area contributed by atoms with Gasteiger partial charge in [-0.2, -0.15) is 0 Å². The van der Waals surface area contributed by atoms with Crippen LogP contribution in [-0.4, -0.2) is 41.7 Å². The number of ether oxygens (including phenoxy) is 1. The van der Waals surface area contributed by atoms with Crippen molar-refractivity contribution in [2.45, 2.75) is 25.5 Å². The Morgan fingerprint density at radius 1 is 1.55 bits per heavy atom. The van der Waals surface area contributed by atoms with E-state index in [1.165, 1.54) is 6.07 Å². The molecule has 4 nitrogen and oxygen atoms in total. The number of hydrogen-bond donors (Lipinski definition) is 1. The molecule has 20 heavy (non-hydrogen) atoms. The third-order valence-corrected chi connectivity index (χ3v) is 3.46. The molecule has 0 spiro atoms. The zero-order valence-electron chi connectivity index (χ0n) is 11.3. The van der Waals surface area contributed by atoms with E-state index in [4.69, 9.17) is 4.74 Å². The van der Waals surface area contributed by atoms with Gasteiger partial charge >= 0.3 is 5.97 Å². The first-order chi connectivity index (χ1) is 9.13. The van der Waals surface area contributed by atoms with Crippen molar-refractivity contribution in [2.24, 2.45) is 0 Å². The Labute approximate surface area is 123 Å². The van der Waals surface area contributed by atoms with Crippen molar-refractivity contribution in [2.75, 3.05) is 19.7 Å². The third kappa shape index (κ3) is 3.69. The van der Waals surface area contributed by atoms with Gasteiger partial charge in [0.2, 0.25) is 0 Å². The highest BCUT2D eigenvalue weighted by Gasteiger charge is 2.31. The van der Waals surface area contributed by atoms with Crippen molar-refractivity contribution in [1.29, 1.82) is 0 Å². The fraction of sp³-hybridized carbons (Fsp3) is 0.500. The van der Waals surface area contributed by atoms with Gasteiger partial charge in [0.25, 0.3) is 0 Å². The van der Waals surface area contributed by atoms with Gasteiger partial charge < -0.3 is 9.84 Å². The molecular weight excluding hydrogens is 285 g/mol.